The van der Waals surface area contributed by atoms with E-state index in [1.807, 2.05) is 23.5 Å². The molecule has 0 unspecified atom stereocenters. The van der Waals surface area contributed by atoms with Gasteiger partial charge in [0, 0.05) is 28.9 Å². The molecule has 1 aromatic carbocycles. The second-order valence-electron chi connectivity index (χ2n) is 5.87. The Bertz CT molecular complexity index is 617. The van der Waals surface area contributed by atoms with Crippen LogP contribution in [0.25, 0.3) is 10.6 Å². The fourth-order valence-electron chi connectivity index (χ4n) is 2.34. The lowest BCUT2D eigenvalue weighted by Gasteiger charge is -2.07. The van der Waals surface area contributed by atoms with Crippen LogP contribution in [-0.4, -0.2) is 18.1 Å². The van der Waals surface area contributed by atoms with Crippen LogP contribution in [0.5, 0.6) is 5.75 Å². The minimum Gasteiger partial charge on any atom is -0.497 e. The van der Waals surface area contributed by atoms with Gasteiger partial charge in [-0.1, -0.05) is 26.0 Å². The van der Waals surface area contributed by atoms with Gasteiger partial charge in [-0.25, -0.2) is 4.98 Å². The number of nitrogens with one attached hydrogen (secondary N) is 1. The molecule has 1 N–H and O–H groups in total. The second-order valence-corrected chi connectivity index (χ2v) is 6.95. The van der Waals surface area contributed by atoms with E-state index in [-0.39, 0.29) is 0 Å². The molecule has 1 fully saturated rings. The highest BCUT2D eigenvalue weighted by Gasteiger charge is 2.29. The van der Waals surface area contributed by atoms with E-state index >= 15 is 0 Å². The summed E-state index contributed by atoms with van der Waals surface area (Å²) in [6.07, 6.45) is 2.58. The molecule has 3 rings (SSSR count). The molecular weight excluding hydrogens is 280 g/mol. The SMILES string of the molecule is COc1cccc(-c2nc(C3CC3)c(CNC(C)C)s2)c1. The Morgan fingerprint density at radius 3 is 2.86 bits per heavy atom. The Balaban J connectivity index is 1.89. The Kier molecular flexibility index (Phi) is 4.27. The Labute approximate surface area is 130 Å². The van der Waals surface area contributed by atoms with Crippen LogP contribution in [0.1, 0.15) is 43.2 Å². The van der Waals surface area contributed by atoms with E-state index in [0.29, 0.717) is 12.0 Å². The lowest BCUT2D eigenvalue weighted by Crippen LogP contribution is -2.21. The summed E-state index contributed by atoms with van der Waals surface area (Å²) in [5, 5.41) is 4.63. The highest BCUT2D eigenvalue weighted by molar-refractivity contribution is 7.15. The van der Waals surface area contributed by atoms with Crippen molar-refractivity contribution < 1.29 is 4.74 Å². The van der Waals surface area contributed by atoms with Crippen molar-refractivity contribution in [3.63, 3.8) is 0 Å². The maximum absolute atomic E-state index is 5.32. The third-order valence-electron chi connectivity index (χ3n) is 3.68. The van der Waals surface area contributed by atoms with Gasteiger partial charge in [-0.15, -0.1) is 11.3 Å². The van der Waals surface area contributed by atoms with Gasteiger partial charge < -0.3 is 10.1 Å². The number of benzene rings is 1. The third kappa shape index (κ3) is 3.44. The zero-order valence-electron chi connectivity index (χ0n) is 12.8. The van der Waals surface area contributed by atoms with Gasteiger partial charge in [0.25, 0.3) is 0 Å². The summed E-state index contributed by atoms with van der Waals surface area (Å²) in [7, 11) is 1.70. The predicted molar refractivity (Wildman–Crippen MR) is 88.1 cm³/mol. The number of hydrogen-bond acceptors (Lipinski definition) is 4. The number of rotatable bonds is 6. The van der Waals surface area contributed by atoms with E-state index in [0.717, 1.165) is 22.9 Å². The van der Waals surface area contributed by atoms with Crippen molar-refractivity contribution in [1.29, 1.82) is 0 Å². The summed E-state index contributed by atoms with van der Waals surface area (Å²) in [6, 6.07) is 8.67. The van der Waals surface area contributed by atoms with Crippen LogP contribution in [0.2, 0.25) is 0 Å². The molecule has 1 aromatic heterocycles. The smallest absolute Gasteiger partial charge is 0.124 e. The molecule has 3 nitrogen and oxygen atoms in total. The monoisotopic (exact) mass is 302 g/mol. The van der Waals surface area contributed by atoms with Gasteiger partial charge in [0.05, 0.1) is 12.8 Å². The van der Waals surface area contributed by atoms with E-state index in [4.69, 9.17) is 9.72 Å². The maximum atomic E-state index is 5.32. The largest absolute Gasteiger partial charge is 0.497 e. The highest BCUT2D eigenvalue weighted by atomic mass is 32.1. The topological polar surface area (TPSA) is 34.1 Å². The molecule has 0 atom stereocenters. The van der Waals surface area contributed by atoms with Crippen LogP contribution in [0.15, 0.2) is 24.3 Å². The van der Waals surface area contributed by atoms with Crippen molar-refractivity contribution in [3.05, 3.63) is 34.8 Å². The second kappa shape index (κ2) is 6.16. The first-order chi connectivity index (χ1) is 10.2. The zero-order chi connectivity index (χ0) is 14.8. The van der Waals surface area contributed by atoms with Crippen molar-refractivity contribution in [2.24, 2.45) is 0 Å². The fraction of sp³-hybridized carbons (Fsp3) is 0.471. The van der Waals surface area contributed by atoms with Crippen LogP contribution in [0.3, 0.4) is 0 Å². The third-order valence-corrected chi connectivity index (χ3v) is 4.80. The molecule has 112 valence electrons. The lowest BCUT2D eigenvalue weighted by molar-refractivity contribution is 0.415. The van der Waals surface area contributed by atoms with Gasteiger partial charge >= 0.3 is 0 Å². The standard InChI is InChI=1S/C17H22N2OS/c1-11(2)18-10-15-16(12-7-8-12)19-17(21-15)13-5-4-6-14(9-13)20-3/h4-6,9,11-12,18H,7-8,10H2,1-3H3. The van der Waals surface area contributed by atoms with Crippen LogP contribution in [0, 0.1) is 0 Å². The van der Waals surface area contributed by atoms with E-state index in [9.17, 15) is 0 Å². The van der Waals surface area contributed by atoms with Gasteiger partial charge in [-0.05, 0) is 25.0 Å². The van der Waals surface area contributed by atoms with Gasteiger partial charge in [0.15, 0.2) is 0 Å². The first-order valence-corrected chi connectivity index (χ1v) is 8.36. The number of aromatic nitrogens is 1. The van der Waals surface area contributed by atoms with Gasteiger partial charge in [-0.3, -0.25) is 0 Å². The van der Waals surface area contributed by atoms with Gasteiger partial charge in [0.2, 0.25) is 0 Å². The quantitative estimate of drug-likeness (QED) is 0.868. The predicted octanol–water partition coefficient (Wildman–Crippen LogP) is 4.19. The van der Waals surface area contributed by atoms with E-state index in [1.165, 1.54) is 23.4 Å². The summed E-state index contributed by atoms with van der Waals surface area (Å²) in [5.41, 5.74) is 2.46. The number of methoxy groups -OCH3 is 1. The summed E-state index contributed by atoms with van der Waals surface area (Å²) in [6.45, 7) is 5.28. The van der Waals surface area contributed by atoms with Gasteiger partial charge in [-0.2, -0.15) is 0 Å². The van der Waals surface area contributed by atoms with Crippen LogP contribution < -0.4 is 10.1 Å². The summed E-state index contributed by atoms with van der Waals surface area (Å²) in [4.78, 5) is 6.31. The molecule has 0 saturated heterocycles. The van der Waals surface area contributed by atoms with Crippen molar-refractivity contribution in [2.75, 3.05) is 7.11 Å². The van der Waals surface area contributed by atoms with Crippen molar-refractivity contribution in [1.82, 2.24) is 10.3 Å². The molecule has 0 bridgehead atoms. The highest BCUT2D eigenvalue weighted by Crippen LogP contribution is 2.44. The summed E-state index contributed by atoms with van der Waals surface area (Å²) >= 11 is 1.81. The minimum atomic E-state index is 0.499. The minimum absolute atomic E-state index is 0.499. The Morgan fingerprint density at radius 1 is 1.38 bits per heavy atom. The maximum Gasteiger partial charge on any atom is 0.124 e. The molecule has 0 spiro atoms. The van der Waals surface area contributed by atoms with Crippen molar-refractivity contribution in [2.45, 2.75) is 45.2 Å². The molecule has 21 heavy (non-hydrogen) atoms. The molecule has 1 aliphatic carbocycles. The Hall–Kier alpha value is -1.39. The fourth-order valence-corrected chi connectivity index (χ4v) is 3.44. The number of thiazole rings is 1. The van der Waals surface area contributed by atoms with Crippen LogP contribution >= 0.6 is 11.3 Å². The molecule has 2 aromatic rings. The molecular formula is C17H22N2OS. The normalized spacial score (nSPS) is 14.7. The Morgan fingerprint density at radius 2 is 2.19 bits per heavy atom. The van der Waals surface area contributed by atoms with E-state index < -0.39 is 0 Å². The van der Waals surface area contributed by atoms with Crippen LogP contribution in [-0.2, 0) is 6.54 Å². The molecule has 0 radical (unpaired) electrons. The van der Waals surface area contributed by atoms with Crippen LogP contribution in [0.4, 0.5) is 0 Å². The zero-order valence-corrected chi connectivity index (χ0v) is 13.7. The number of hydrogen-bond donors (Lipinski definition) is 1. The number of nitrogens with zero attached hydrogens (tertiary/aromatic N) is 1. The molecule has 4 heteroatoms. The molecule has 1 heterocycles. The molecule has 1 saturated carbocycles. The average Bonchev–Trinajstić information content (AvgIpc) is 3.25. The van der Waals surface area contributed by atoms with Crippen molar-refractivity contribution >= 4 is 11.3 Å². The number of ether oxygens (including phenoxy) is 1. The lowest BCUT2D eigenvalue weighted by atomic mass is 10.2. The van der Waals surface area contributed by atoms with Crippen molar-refractivity contribution in [3.8, 4) is 16.3 Å². The first-order valence-electron chi connectivity index (χ1n) is 7.54. The van der Waals surface area contributed by atoms with E-state index in [2.05, 4.69) is 31.3 Å². The summed E-state index contributed by atoms with van der Waals surface area (Å²) in [5.74, 6) is 1.57. The average molecular weight is 302 g/mol. The molecule has 1 aliphatic rings. The summed E-state index contributed by atoms with van der Waals surface area (Å²) < 4.78 is 5.32. The first kappa shape index (κ1) is 14.5. The van der Waals surface area contributed by atoms with Gasteiger partial charge in [0.1, 0.15) is 10.8 Å². The van der Waals surface area contributed by atoms with E-state index in [1.54, 1.807) is 7.11 Å². The molecule has 0 aliphatic heterocycles. The molecule has 0 amide bonds.